The van der Waals surface area contributed by atoms with Gasteiger partial charge in [-0.05, 0) is 18.6 Å². The lowest BCUT2D eigenvalue weighted by molar-refractivity contribution is -0.138. The molecular formula is C15H12F2N2O3. The van der Waals surface area contributed by atoms with Crippen LogP contribution >= 0.6 is 0 Å². The molecule has 0 fully saturated rings. The van der Waals surface area contributed by atoms with Gasteiger partial charge in [0.25, 0.3) is 0 Å². The van der Waals surface area contributed by atoms with E-state index in [2.05, 4.69) is 4.98 Å². The van der Waals surface area contributed by atoms with E-state index in [0.717, 1.165) is 17.2 Å². The summed E-state index contributed by atoms with van der Waals surface area (Å²) in [5.74, 6) is -2.59. The molecule has 0 bridgehead atoms. The van der Waals surface area contributed by atoms with Crippen LogP contribution in [0, 0.1) is 11.6 Å². The highest BCUT2D eigenvalue weighted by atomic mass is 19.2. The molecule has 0 amide bonds. The van der Waals surface area contributed by atoms with E-state index < -0.39 is 17.6 Å². The molecule has 0 spiro atoms. The Bertz CT molecular complexity index is 805. The number of carbonyl (C=O) groups is 1. The van der Waals surface area contributed by atoms with Crippen molar-refractivity contribution in [1.82, 2.24) is 4.98 Å². The predicted octanol–water partition coefficient (Wildman–Crippen LogP) is 2.71. The van der Waals surface area contributed by atoms with Crippen molar-refractivity contribution in [3.05, 3.63) is 47.3 Å². The maximum absolute atomic E-state index is 13.5. The summed E-state index contributed by atoms with van der Waals surface area (Å²) in [5, 5.41) is 11.0. The van der Waals surface area contributed by atoms with Crippen molar-refractivity contribution in [3.63, 3.8) is 0 Å². The van der Waals surface area contributed by atoms with E-state index in [4.69, 9.17) is 4.74 Å². The molecule has 1 aromatic heterocycles. The number of hydrogen-bond donors (Lipinski definition) is 1. The molecule has 0 radical (unpaired) electrons. The van der Waals surface area contributed by atoms with Crippen LogP contribution in [0.1, 0.15) is 12.5 Å². The molecule has 7 heteroatoms. The second kappa shape index (κ2) is 5.34. The second-order valence-corrected chi connectivity index (χ2v) is 4.80. The maximum atomic E-state index is 13.5. The molecule has 0 saturated carbocycles. The number of halogens is 2. The van der Waals surface area contributed by atoms with E-state index in [1.807, 2.05) is 0 Å². The van der Waals surface area contributed by atoms with Crippen molar-refractivity contribution in [1.29, 1.82) is 0 Å². The van der Waals surface area contributed by atoms with Crippen LogP contribution in [0.5, 0.6) is 0 Å². The number of anilines is 1. The highest BCUT2D eigenvalue weighted by Crippen LogP contribution is 2.33. The number of hydrogen-bond acceptors (Lipinski definition) is 5. The first-order valence-corrected chi connectivity index (χ1v) is 6.63. The normalized spacial score (nSPS) is 13.8. The zero-order valence-corrected chi connectivity index (χ0v) is 11.6. The van der Waals surface area contributed by atoms with Gasteiger partial charge in [0, 0.05) is 24.1 Å². The van der Waals surface area contributed by atoms with Gasteiger partial charge < -0.3 is 4.74 Å². The van der Waals surface area contributed by atoms with Gasteiger partial charge in [0.15, 0.2) is 11.6 Å². The van der Waals surface area contributed by atoms with Crippen LogP contribution in [0.3, 0.4) is 0 Å². The Morgan fingerprint density at radius 3 is 2.86 bits per heavy atom. The van der Waals surface area contributed by atoms with Gasteiger partial charge in [0.2, 0.25) is 0 Å². The average molecular weight is 306 g/mol. The molecule has 2 aromatic rings. The Morgan fingerprint density at radius 1 is 1.41 bits per heavy atom. The summed E-state index contributed by atoms with van der Waals surface area (Å²) < 4.78 is 31.7. The Kier molecular flexibility index (Phi) is 3.50. The van der Waals surface area contributed by atoms with Crippen molar-refractivity contribution >= 4 is 22.6 Å². The van der Waals surface area contributed by atoms with Gasteiger partial charge in [-0.3, -0.25) is 10.2 Å². The summed E-state index contributed by atoms with van der Waals surface area (Å²) in [6.07, 6.45) is 2.70. The summed E-state index contributed by atoms with van der Waals surface area (Å²) in [6, 6.07) is 1.99. The number of aromatic nitrogens is 1. The lowest BCUT2D eigenvalue weighted by Gasteiger charge is -2.24. The largest absolute Gasteiger partial charge is 0.463 e. The van der Waals surface area contributed by atoms with Crippen LogP contribution < -0.4 is 5.06 Å². The van der Waals surface area contributed by atoms with Gasteiger partial charge in [-0.1, -0.05) is 0 Å². The quantitative estimate of drug-likeness (QED) is 0.864. The number of carbonyl (C=O) groups excluding carboxylic acids is 1. The van der Waals surface area contributed by atoms with E-state index >= 15 is 0 Å². The summed E-state index contributed by atoms with van der Waals surface area (Å²) >= 11 is 0. The SMILES string of the molecule is CCOC(=O)C1=CN(O)c2cnc3cc(F)c(F)cc3c2C1. The summed E-state index contributed by atoms with van der Waals surface area (Å²) in [7, 11) is 0. The minimum atomic E-state index is -1.01. The number of pyridine rings is 1. The molecule has 1 aliphatic rings. The minimum Gasteiger partial charge on any atom is -0.463 e. The fourth-order valence-corrected chi connectivity index (χ4v) is 2.42. The molecule has 2 heterocycles. The smallest absolute Gasteiger partial charge is 0.335 e. The van der Waals surface area contributed by atoms with E-state index in [1.165, 1.54) is 12.4 Å². The molecular weight excluding hydrogens is 294 g/mol. The van der Waals surface area contributed by atoms with Crippen molar-refractivity contribution in [3.8, 4) is 0 Å². The third-order valence-corrected chi connectivity index (χ3v) is 3.43. The average Bonchev–Trinajstić information content (AvgIpc) is 2.48. The first-order chi connectivity index (χ1) is 10.5. The number of benzene rings is 1. The topological polar surface area (TPSA) is 62.7 Å². The van der Waals surface area contributed by atoms with Crippen molar-refractivity contribution in [2.24, 2.45) is 0 Å². The predicted molar refractivity (Wildman–Crippen MR) is 74.3 cm³/mol. The highest BCUT2D eigenvalue weighted by Gasteiger charge is 2.24. The first-order valence-electron chi connectivity index (χ1n) is 6.63. The fourth-order valence-electron chi connectivity index (χ4n) is 2.42. The molecule has 0 unspecified atom stereocenters. The summed E-state index contributed by atoms with van der Waals surface area (Å²) in [5.41, 5.74) is 1.26. The second-order valence-electron chi connectivity index (χ2n) is 4.80. The number of hydroxylamine groups is 1. The fraction of sp³-hybridized carbons (Fsp3) is 0.200. The van der Waals surface area contributed by atoms with Crippen LogP contribution in [-0.4, -0.2) is 22.8 Å². The Labute approximate surface area is 124 Å². The van der Waals surface area contributed by atoms with E-state index in [9.17, 15) is 18.8 Å². The molecule has 5 nitrogen and oxygen atoms in total. The molecule has 0 aliphatic carbocycles. The number of esters is 1. The lowest BCUT2D eigenvalue weighted by atomic mass is 9.97. The van der Waals surface area contributed by atoms with Crippen molar-refractivity contribution in [2.45, 2.75) is 13.3 Å². The summed E-state index contributed by atoms with van der Waals surface area (Å²) in [4.78, 5) is 15.8. The molecule has 1 aliphatic heterocycles. The molecule has 114 valence electrons. The monoisotopic (exact) mass is 306 g/mol. The highest BCUT2D eigenvalue weighted by molar-refractivity contribution is 5.95. The number of nitrogens with zero attached hydrogens (tertiary/aromatic N) is 2. The van der Waals surface area contributed by atoms with E-state index in [-0.39, 0.29) is 24.1 Å². The van der Waals surface area contributed by atoms with Crippen molar-refractivity contribution < 1.29 is 23.5 Å². The molecule has 1 N–H and O–H groups in total. The Morgan fingerprint density at radius 2 is 2.14 bits per heavy atom. The minimum absolute atomic E-state index is 0.134. The zero-order chi connectivity index (χ0) is 15.9. The van der Waals surface area contributed by atoms with Crippen LogP contribution in [0.4, 0.5) is 14.5 Å². The first kappa shape index (κ1) is 14.4. The molecule has 0 saturated heterocycles. The van der Waals surface area contributed by atoms with Crippen LogP contribution in [0.2, 0.25) is 0 Å². The van der Waals surface area contributed by atoms with E-state index in [1.54, 1.807) is 6.92 Å². The third-order valence-electron chi connectivity index (χ3n) is 3.43. The molecule has 3 rings (SSSR count). The Hall–Kier alpha value is -2.54. The van der Waals surface area contributed by atoms with Gasteiger partial charge >= 0.3 is 5.97 Å². The third kappa shape index (κ3) is 2.29. The maximum Gasteiger partial charge on any atom is 0.335 e. The van der Waals surface area contributed by atoms with Crippen LogP contribution in [0.25, 0.3) is 10.9 Å². The standard InChI is InChI=1S/C15H12F2N2O3/c1-2-22-15(20)8-3-10-9-4-11(16)12(17)5-13(9)18-6-14(10)19(21)7-8/h4-7,21H,2-3H2,1H3. The molecule has 0 atom stereocenters. The molecule has 1 aromatic carbocycles. The van der Waals surface area contributed by atoms with Crippen molar-refractivity contribution in [2.75, 3.05) is 11.7 Å². The van der Waals surface area contributed by atoms with Gasteiger partial charge in [0.1, 0.15) is 0 Å². The molecule has 22 heavy (non-hydrogen) atoms. The number of ether oxygens (including phenoxy) is 1. The summed E-state index contributed by atoms with van der Waals surface area (Å²) in [6.45, 7) is 1.87. The number of rotatable bonds is 2. The lowest BCUT2D eigenvalue weighted by Crippen LogP contribution is -2.23. The number of fused-ring (bicyclic) bond motifs is 3. The van der Waals surface area contributed by atoms with Gasteiger partial charge in [-0.15, -0.1) is 0 Å². The Balaban J connectivity index is 2.14. The van der Waals surface area contributed by atoms with Gasteiger partial charge in [0.05, 0.1) is 29.6 Å². The van der Waals surface area contributed by atoms with Gasteiger partial charge in [-0.25, -0.2) is 18.6 Å². The van der Waals surface area contributed by atoms with Crippen LogP contribution in [-0.2, 0) is 16.0 Å². The van der Waals surface area contributed by atoms with Gasteiger partial charge in [-0.2, -0.15) is 0 Å². The zero-order valence-electron chi connectivity index (χ0n) is 11.6. The van der Waals surface area contributed by atoms with Crippen LogP contribution in [0.15, 0.2) is 30.1 Å². The van der Waals surface area contributed by atoms with E-state index in [0.29, 0.717) is 16.6 Å².